The van der Waals surface area contributed by atoms with E-state index in [0.29, 0.717) is 30.2 Å². The molecule has 1 amide bonds. The molecule has 0 fully saturated rings. The van der Waals surface area contributed by atoms with Crippen molar-refractivity contribution in [2.24, 2.45) is 4.99 Å². The number of hydrogen-bond donors (Lipinski definition) is 1. The summed E-state index contributed by atoms with van der Waals surface area (Å²) < 4.78 is 46.8. The number of aliphatic hydroxyl groups is 1. The number of ether oxygens (including phenoxy) is 1. The van der Waals surface area contributed by atoms with Crippen molar-refractivity contribution in [1.82, 2.24) is 4.90 Å². The van der Waals surface area contributed by atoms with Crippen LogP contribution >= 0.6 is 0 Å². The number of likely N-dealkylation sites (N-methyl/N-ethyl adjacent to an activating group) is 1. The quantitative estimate of drug-likeness (QED) is 0.775. The number of rotatable bonds is 4. The van der Waals surface area contributed by atoms with Gasteiger partial charge in [-0.25, -0.2) is 0 Å². The summed E-state index contributed by atoms with van der Waals surface area (Å²) in [5.41, 5.74) is -0.223. The average molecular weight is 445 g/mol. The number of benzene rings is 2. The highest BCUT2D eigenvalue weighted by Gasteiger charge is 2.39. The fourth-order valence-electron chi connectivity index (χ4n) is 3.98. The first-order chi connectivity index (χ1) is 15.2. The van der Waals surface area contributed by atoms with Gasteiger partial charge in [-0.3, -0.25) is 14.7 Å². The van der Waals surface area contributed by atoms with Crippen LogP contribution in [0, 0.1) is 0 Å². The Labute approximate surface area is 183 Å². The van der Waals surface area contributed by atoms with Crippen LogP contribution in [0.5, 0.6) is 5.75 Å². The monoisotopic (exact) mass is 445 g/mol. The Balaban J connectivity index is 1.88. The third-order valence-corrected chi connectivity index (χ3v) is 5.74. The molecule has 1 N–H and O–H groups in total. The number of carbonyl (C=O) groups excluding carboxylic acids is 1. The second-order valence-electron chi connectivity index (χ2n) is 7.64. The van der Waals surface area contributed by atoms with Crippen LogP contribution in [-0.2, 0) is 17.4 Å². The van der Waals surface area contributed by atoms with Crippen LogP contribution in [0.2, 0.25) is 0 Å². The molecule has 0 radical (unpaired) electrons. The molecule has 0 bridgehead atoms. The Morgan fingerprint density at radius 1 is 1.16 bits per heavy atom. The van der Waals surface area contributed by atoms with Crippen molar-refractivity contribution in [3.05, 3.63) is 64.9 Å². The molecule has 2 aromatic carbocycles. The number of carbonyl (C=O) groups is 1. The second-order valence-corrected chi connectivity index (χ2v) is 7.64. The molecular weight excluding hydrogens is 423 g/mol. The highest BCUT2D eigenvalue weighted by atomic mass is 19.4. The molecule has 2 aromatic rings. The summed E-state index contributed by atoms with van der Waals surface area (Å²) in [6, 6.07) is 10.2. The second kappa shape index (κ2) is 8.22. The van der Waals surface area contributed by atoms with E-state index in [1.54, 1.807) is 31.3 Å². The first kappa shape index (κ1) is 21.7. The van der Waals surface area contributed by atoms with E-state index in [4.69, 9.17) is 4.74 Å². The minimum atomic E-state index is -4.62. The lowest BCUT2D eigenvalue weighted by Crippen LogP contribution is -2.41. The van der Waals surface area contributed by atoms with Crippen LogP contribution in [0.3, 0.4) is 0 Å². The molecule has 4 rings (SSSR count). The van der Waals surface area contributed by atoms with E-state index in [2.05, 4.69) is 4.99 Å². The predicted octanol–water partition coefficient (Wildman–Crippen LogP) is 3.92. The summed E-state index contributed by atoms with van der Waals surface area (Å²) in [7, 11) is 3.30. The lowest BCUT2D eigenvalue weighted by Gasteiger charge is -2.26. The third kappa shape index (κ3) is 3.90. The van der Waals surface area contributed by atoms with E-state index < -0.39 is 23.4 Å². The Hall–Kier alpha value is -3.49. The molecule has 6 nitrogen and oxygen atoms in total. The number of hydrogen-bond acceptors (Lipinski definition) is 5. The summed E-state index contributed by atoms with van der Waals surface area (Å²) in [6.07, 6.45) is -4.87. The van der Waals surface area contributed by atoms with Gasteiger partial charge in [-0.05, 0) is 35.4 Å². The zero-order valence-electron chi connectivity index (χ0n) is 17.6. The Kier molecular flexibility index (Phi) is 5.58. The van der Waals surface area contributed by atoms with Gasteiger partial charge >= 0.3 is 6.18 Å². The number of methoxy groups -OCH3 is 1. The molecule has 0 saturated carbocycles. The molecule has 9 heteroatoms. The van der Waals surface area contributed by atoms with Crippen LogP contribution in [0.15, 0.2) is 53.2 Å². The van der Waals surface area contributed by atoms with Gasteiger partial charge in [-0.15, -0.1) is 0 Å². The predicted molar refractivity (Wildman–Crippen MR) is 115 cm³/mol. The van der Waals surface area contributed by atoms with Gasteiger partial charge in [0.2, 0.25) is 0 Å². The van der Waals surface area contributed by atoms with Gasteiger partial charge in [0.15, 0.2) is 5.76 Å². The zero-order chi connectivity index (χ0) is 23.0. The molecule has 2 aliphatic rings. The lowest BCUT2D eigenvalue weighted by molar-refractivity contribution is -0.138. The minimum Gasteiger partial charge on any atom is -0.503 e. The van der Waals surface area contributed by atoms with Crippen molar-refractivity contribution >= 4 is 23.0 Å². The van der Waals surface area contributed by atoms with Crippen molar-refractivity contribution in [3.8, 4) is 5.75 Å². The van der Waals surface area contributed by atoms with Gasteiger partial charge < -0.3 is 14.7 Å². The van der Waals surface area contributed by atoms with Crippen LogP contribution in [0.25, 0.3) is 5.57 Å². The highest BCUT2D eigenvalue weighted by molar-refractivity contribution is 6.13. The summed E-state index contributed by atoms with van der Waals surface area (Å²) >= 11 is 0. The van der Waals surface area contributed by atoms with Crippen LogP contribution in [0.1, 0.15) is 16.7 Å². The number of amides is 1. The minimum absolute atomic E-state index is 0.0381. The first-order valence-corrected chi connectivity index (χ1v) is 10.0. The smallest absolute Gasteiger partial charge is 0.416 e. The van der Waals surface area contributed by atoms with Gasteiger partial charge in [0.05, 0.1) is 25.8 Å². The summed E-state index contributed by atoms with van der Waals surface area (Å²) in [6.45, 7) is 1.16. The number of allylic oxidation sites excluding steroid dienone is 1. The molecule has 0 aromatic heterocycles. The number of nitrogens with zero attached hydrogens (tertiary/aromatic N) is 3. The SMILES string of the molecule is COc1ccc(C2=C(O)C(=O)N(CC3=NCCN3C)c3cccc(C(F)(F)F)c3C2)cc1. The van der Waals surface area contributed by atoms with Crippen LogP contribution in [0.4, 0.5) is 18.9 Å². The average Bonchev–Trinajstić information content (AvgIpc) is 3.14. The number of halogens is 3. The van der Waals surface area contributed by atoms with Crippen molar-refractivity contribution in [2.45, 2.75) is 12.6 Å². The molecule has 0 aliphatic carbocycles. The molecule has 0 atom stereocenters. The van der Waals surface area contributed by atoms with Crippen molar-refractivity contribution in [2.75, 3.05) is 38.7 Å². The zero-order valence-corrected chi connectivity index (χ0v) is 17.6. The van der Waals surface area contributed by atoms with E-state index in [-0.39, 0.29) is 29.8 Å². The molecule has 2 heterocycles. The fourth-order valence-corrected chi connectivity index (χ4v) is 3.98. The van der Waals surface area contributed by atoms with Gasteiger partial charge in [-0.1, -0.05) is 18.2 Å². The molecule has 0 spiro atoms. The maximum Gasteiger partial charge on any atom is 0.416 e. The largest absolute Gasteiger partial charge is 0.503 e. The molecule has 168 valence electrons. The summed E-state index contributed by atoms with van der Waals surface area (Å²) in [5, 5.41) is 10.9. The molecule has 0 saturated heterocycles. The lowest BCUT2D eigenvalue weighted by atomic mass is 9.93. The Bertz CT molecular complexity index is 1110. The Morgan fingerprint density at radius 2 is 1.88 bits per heavy atom. The van der Waals surface area contributed by atoms with Gasteiger partial charge in [-0.2, -0.15) is 13.2 Å². The van der Waals surface area contributed by atoms with E-state index in [0.717, 1.165) is 6.07 Å². The van der Waals surface area contributed by atoms with E-state index in [1.807, 2.05) is 4.90 Å². The van der Waals surface area contributed by atoms with Gasteiger partial charge in [0, 0.05) is 31.3 Å². The van der Waals surface area contributed by atoms with Gasteiger partial charge in [0.25, 0.3) is 5.91 Å². The topological polar surface area (TPSA) is 65.4 Å². The molecule has 32 heavy (non-hydrogen) atoms. The normalized spacial score (nSPS) is 16.8. The van der Waals surface area contributed by atoms with Crippen molar-refractivity contribution < 1.29 is 27.8 Å². The maximum absolute atomic E-state index is 13.9. The van der Waals surface area contributed by atoms with Crippen LogP contribution < -0.4 is 9.64 Å². The number of fused-ring (bicyclic) bond motifs is 1. The van der Waals surface area contributed by atoms with E-state index in [1.165, 1.54) is 24.1 Å². The Morgan fingerprint density at radius 3 is 2.47 bits per heavy atom. The summed E-state index contributed by atoms with van der Waals surface area (Å²) in [4.78, 5) is 20.7. The molecule has 2 aliphatic heterocycles. The number of anilines is 1. The molecular formula is C23H22F3N3O3. The fraction of sp³-hybridized carbons (Fsp3) is 0.304. The summed E-state index contributed by atoms with van der Waals surface area (Å²) in [5.74, 6) is -0.228. The van der Waals surface area contributed by atoms with Crippen molar-refractivity contribution in [3.63, 3.8) is 0 Å². The van der Waals surface area contributed by atoms with E-state index in [9.17, 15) is 23.1 Å². The van der Waals surface area contributed by atoms with Crippen molar-refractivity contribution in [1.29, 1.82) is 0 Å². The molecule has 0 unspecified atom stereocenters. The number of aliphatic hydroxyl groups excluding tert-OH is 1. The number of aliphatic imine (C=N–C) groups is 1. The standard InChI is InChI=1S/C23H22F3N3O3/c1-28-11-10-27-20(28)13-29-19-5-3-4-18(23(24,25)26)17(19)12-16(21(30)22(29)31)14-6-8-15(32-2)9-7-14/h3-9,30H,10-13H2,1-2H3. The highest BCUT2D eigenvalue weighted by Crippen LogP contribution is 2.41. The van der Waals surface area contributed by atoms with Crippen LogP contribution in [-0.4, -0.2) is 55.5 Å². The van der Waals surface area contributed by atoms with E-state index >= 15 is 0 Å². The number of amidine groups is 1. The third-order valence-electron chi connectivity index (χ3n) is 5.74. The maximum atomic E-state index is 13.9. The van der Waals surface area contributed by atoms with Gasteiger partial charge in [0.1, 0.15) is 11.6 Å². The first-order valence-electron chi connectivity index (χ1n) is 10.0. The number of alkyl halides is 3.